The van der Waals surface area contributed by atoms with Crippen LogP contribution in [-0.4, -0.2) is 11.6 Å². The molecular weight excluding hydrogens is 181 g/mol. The molecule has 64 valence electrons. The highest BCUT2D eigenvalue weighted by Gasteiger charge is 2.01. The van der Waals surface area contributed by atoms with E-state index in [1.807, 2.05) is 0 Å². The van der Waals surface area contributed by atoms with E-state index in [4.69, 9.17) is 16.3 Å². The zero-order chi connectivity index (χ0) is 8.97. The number of nitrogens with zero attached hydrogens (tertiary/aromatic N) is 1. The molecule has 0 N–H and O–H groups in total. The van der Waals surface area contributed by atoms with Crippen molar-refractivity contribution in [3.63, 3.8) is 0 Å². The Morgan fingerprint density at radius 3 is 3.08 bits per heavy atom. The van der Waals surface area contributed by atoms with Crippen LogP contribution in [0.2, 0.25) is 0 Å². The molecule has 0 aliphatic carbocycles. The average molecular weight is 188 g/mol. The highest BCUT2D eigenvalue weighted by Crippen LogP contribution is 2.13. The SMILES string of the molecule is C=C(Cl)COc1cccnc1F. The molecule has 12 heavy (non-hydrogen) atoms. The number of aromatic nitrogens is 1. The van der Waals surface area contributed by atoms with Crippen molar-refractivity contribution in [2.75, 3.05) is 6.61 Å². The second-order valence-corrected chi connectivity index (χ2v) is 2.63. The van der Waals surface area contributed by atoms with E-state index in [2.05, 4.69) is 11.6 Å². The maximum Gasteiger partial charge on any atom is 0.255 e. The topological polar surface area (TPSA) is 22.1 Å². The summed E-state index contributed by atoms with van der Waals surface area (Å²) in [5, 5.41) is 0.318. The van der Waals surface area contributed by atoms with Gasteiger partial charge in [-0.25, -0.2) is 4.98 Å². The number of halogens is 2. The lowest BCUT2D eigenvalue weighted by Crippen LogP contribution is -1.99. The van der Waals surface area contributed by atoms with E-state index < -0.39 is 5.95 Å². The smallest absolute Gasteiger partial charge is 0.255 e. The summed E-state index contributed by atoms with van der Waals surface area (Å²) in [6.45, 7) is 3.48. The van der Waals surface area contributed by atoms with E-state index >= 15 is 0 Å². The summed E-state index contributed by atoms with van der Waals surface area (Å²) in [6.07, 6.45) is 1.34. The molecule has 0 atom stereocenters. The van der Waals surface area contributed by atoms with Crippen LogP contribution < -0.4 is 4.74 Å². The highest BCUT2D eigenvalue weighted by atomic mass is 35.5. The molecule has 1 aromatic heterocycles. The Kier molecular flexibility index (Phi) is 3.05. The summed E-state index contributed by atoms with van der Waals surface area (Å²) >= 11 is 5.42. The summed E-state index contributed by atoms with van der Waals surface area (Å²) in [7, 11) is 0. The number of hydrogen-bond acceptors (Lipinski definition) is 2. The maximum atomic E-state index is 12.7. The predicted molar refractivity (Wildman–Crippen MR) is 44.7 cm³/mol. The van der Waals surface area contributed by atoms with Gasteiger partial charge in [0.2, 0.25) is 0 Å². The monoisotopic (exact) mass is 187 g/mol. The van der Waals surface area contributed by atoms with Gasteiger partial charge in [0, 0.05) is 11.2 Å². The minimum Gasteiger partial charge on any atom is -0.483 e. The first-order valence-electron chi connectivity index (χ1n) is 3.27. The molecule has 2 nitrogen and oxygen atoms in total. The maximum absolute atomic E-state index is 12.7. The number of pyridine rings is 1. The van der Waals surface area contributed by atoms with Crippen LogP contribution in [0.5, 0.6) is 5.75 Å². The first-order chi connectivity index (χ1) is 5.70. The third-order valence-corrected chi connectivity index (χ3v) is 1.22. The summed E-state index contributed by atoms with van der Waals surface area (Å²) in [4.78, 5) is 3.39. The molecule has 4 heteroatoms. The molecule has 0 saturated heterocycles. The van der Waals surface area contributed by atoms with Crippen molar-refractivity contribution < 1.29 is 9.13 Å². The normalized spacial score (nSPS) is 9.50. The van der Waals surface area contributed by atoms with Crippen LogP contribution in [0.25, 0.3) is 0 Å². The van der Waals surface area contributed by atoms with Gasteiger partial charge in [0.05, 0.1) is 0 Å². The van der Waals surface area contributed by atoms with Crippen LogP contribution in [0.3, 0.4) is 0 Å². The number of rotatable bonds is 3. The van der Waals surface area contributed by atoms with Crippen molar-refractivity contribution in [2.24, 2.45) is 0 Å². The van der Waals surface area contributed by atoms with Gasteiger partial charge in [-0.3, -0.25) is 0 Å². The molecular formula is C8H7ClFNO. The van der Waals surface area contributed by atoms with Crippen molar-refractivity contribution in [1.82, 2.24) is 4.98 Å². The van der Waals surface area contributed by atoms with Crippen molar-refractivity contribution in [3.05, 3.63) is 35.9 Å². The van der Waals surface area contributed by atoms with Gasteiger partial charge in [0.25, 0.3) is 5.95 Å². The van der Waals surface area contributed by atoms with Gasteiger partial charge in [-0.2, -0.15) is 4.39 Å². The summed E-state index contributed by atoms with van der Waals surface area (Å²) < 4.78 is 17.7. The van der Waals surface area contributed by atoms with Crippen LogP contribution >= 0.6 is 11.6 Å². The van der Waals surface area contributed by atoms with Crippen LogP contribution in [-0.2, 0) is 0 Å². The lowest BCUT2D eigenvalue weighted by Gasteiger charge is -2.03. The highest BCUT2D eigenvalue weighted by molar-refractivity contribution is 6.29. The zero-order valence-corrected chi connectivity index (χ0v) is 7.01. The van der Waals surface area contributed by atoms with Crippen LogP contribution in [0.4, 0.5) is 4.39 Å². The van der Waals surface area contributed by atoms with Crippen molar-refractivity contribution >= 4 is 11.6 Å². The van der Waals surface area contributed by atoms with Crippen molar-refractivity contribution in [1.29, 1.82) is 0 Å². The second kappa shape index (κ2) is 4.07. The summed E-state index contributed by atoms with van der Waals surface area (Å²) in [5.41, 5.74) is 0. The quantitative estimate of drug-likeness (QED) is 0.678. The standard InChI is InChI=1S/C8H7ClFNO/c1-6(9)5-12-7-3-2-4-11-8(7)10/h2-4H,1,5H2. The largest absolute Gasteiger partial charge is 0.483 e. The van der Waals surface area contributed by atoms with E-state index in [0.29, 0.717) is 5.03 Å². The van der Waals surface area contributed by atoms with E-state index in [1.165, 1.54) is 12.3 Å². The fourth-order valence-electron chi connectivity index (χ4n) is 0.635. The van der Waals surface area contributed by atoms with Gasteiger partial charge < -0.3 is 4.74 Å². The van der Waals surface area contributed by atoms with Gasteiger partial charge in [-0.1, -0.05) is 18.2 Å². The Morgan fingerprint density at radius 1 is 1.75 bits per heavy atom. The van der Waals surface area contributed by atoms with Crippen molar-refractivity contribution in [3.8, 4) is 5.75 Å². The van der Waals surface area contributed by atoms with Gasteiger partial charge >= 0.3 is 0 Å². The average Bonchev–Trinajstić information content (AvgIpc) is 2.03. The van der Waals surface area contributed by atoms with Crippen molar-refractivity contribution in [2.45, 2.75) is 0 Å². The summed E-state index contributed by atoms with van der Waals surface area (Å²) in [6, 6.07) is 3.05. The summed E-state index contributed by atoms with van der Waals surface area (Å²) in [5.74, 6) is -0.560. The fraction of sp³-hybridized carbons (Fsp3) is 0.125. The molecule has 0 radical (unpaired) electrons. The zero-order valence-electron chi connectivity index (χ0n) is 6.26. The Morgan fingerprint density at radius 2 is 2.50 bits per heavy atom. The predicted octanol–water partition coefficient (Wildman–Crippen LogP) is 2.35. The van der Waals surface area contributed by atoms with E-state index in [9.17, 15) is 4.39 Å². The first-order valence-corrected chi connectivity index (χ1v) is 3.64. The van der Waals surface area contributed by atoms with Gasteiger partial charge in [0.1, 0.15) is 6.61 Å². The molecule has 0 aliphatic heterocycles. The minimum atomic E-state index is -0.643. The fourth-order valence-corrected chi connectivity index (χ4v) is 0.690. The first kappa shape index (κ1) is 9.00. The molecule has 0 unspecified atom stereocenters. The van der Waals surface area contributed by atoms with E-state index in [1.54, 1.807) is 6.07 Å². The molecule has 1 heterocycles. The number of ether oxygens (including phenoxy) is 1. The van der Waals surface area contributed by atoms with Crippen LogP contribution in [0, 0.1) is 5.95 Å². The third kappa shape index (κ3) is 2.51. The van der Waals surface area contributed by atoms with Gasteiger partial charge in [-0.05, 0) is 12.1 Å². The molecule has 0 aromatic carbocycles. The minimum absolute atomic E-state index is 0.0827. The van der Waals surface area contributed by atoms with E-state index in [0.717, 1.165) is 0 Å². The molecule has 1 aromatic rings. The van der Waals surface area contributed by atoms with Gasteiger partial charge in [-0.15, -0.1) is 0 Å². The molecule has 0 aliphatic rings. The Labute approximate surface area is 74.6 Å². The Balaban J connectivity index is 2.63. The molecule has 0 saturated carbocycles. The van der Waals surface area contributed by atoms with Crippen LogP contribution in [0.15, 0.2) is 29.9 Å². The molecule has 1 rings (SSSR count). The second-order valence-electron chi connectivity index (χ2n) is 2.10. The van der Waals surface area contributed by atoms with Crippen LogP contribution in [0.1, 0.15) is 0 Å². The molecule has 0 bridgehead atoms. The number of hydrogen-bond donors (Lipinski definition) is 0. The van der Waals surface area contributed by atoms with E-state index in [-0.39, 0.29) is 12.4 Å². The third-order valence-electron chi connectivity index (χ3n) is 1.11. The molecule has 0 spiro atoms. The lowest BCUT2D eigenvalue weighted by molar-refractivity contribution is 0.332. The molecule has 0 fully saturated rings. The Hall–Kier alpha value is -1.09. The Bertz CT molecular complexity index is 290. The van der Waals surface area contributed by atoms with Gasteiger partial charge in [0.15, 0.2) is 5.75 Å². The lowest BCUT2D eigenvalue weighted by atomic mass is 10.4. The molecule has 0 amide bonds.